The molecule has 1 unspecified atom stereocenters. The minimum absolute atomic E-state index is 0. The van der Waals surface area contributed by atoms with Crippen LogP contribution in [0, 0.1) is 18.6 Å². The average Bonchev–Trinajstić information content (AvgIpc) is 3.44. The number of nitrogens with one attached hydrogen (secondary N) is 2. The van der Waals surface area contributed by atoms with E-state index in [4.69, 9.17) is 0 Å². The Labute approximate surface area is 221 Å². The van der Waals surface area contributed by atoms with E-state index in [0.717, 1.165) is 0 Å². The van der Waals surface area contributed by atoms with Gasteiger partial charge in [-0.15, -0.1) is 0 Å². The van der Waals surface area contributed by atoms with Crippen molar-refractivity contribution in [2.24, 2.45) is 0 Å². The molecule has 5 rings (SSSR count). The summed E-state index contributed by atoms with van der Waals surface area (Å²) in [6, 6.07) is 5.93. The van der Waals surface area contributed by atoms with Gasteiger partial charge in [-0.2, -0.15) is 18.3 Å². The van der Waals surface area contributed by atoms with Gasteiger partial charge < -0.3 is 10.6 Å². The topological polar surface area (TPSA) is 88.4 Å². The van der Waals surface area contributed by atoms with Crippen LogP contribution in [0.15, 0.2) is 48.8 Å². The summed E-state index contributed by atoms with van der Waals surface area (Å²) < 4.78 is 68.5. The molecular weight excluding hydrogens is 521 g/mol. The molecule has 2 amide bonds. The number of carbonyl (C=O) groups excluding carboxylic acids is 2. The van der Waals surface area contributed by atoms with Crippen molar-refractivity contribution in [3.05, 3.63) is 93.9 Å². The Balaban J connectivity index is 0.00000101. The fourth-order valence-electron chi connectivity index (χ4n) is 4.09. The Kier molecular flexibility index (Phi) is 8.37. The Morgan fingerprint density at radius 1 is 1.08 bits per heavy atom. The van der Waals surface area contributed by atoms with Crippen molar-refractivity contribution < 1.29 is 31.5 Å². The molecule has 0 saturated carbocycles. The molecule has 0 bridgehead atoms. The lowest BCUT2D eigenvalue weighted by Gasteiger charge is -2.19. The Hall–Kier alpha value is -4.35. The van der Waals surface area contributed by atoms with Gasteiger partial charge in [0.1, 0.15) is 23.7 Å². The molecule has 0 saturated heterocycles. The number of amides is 2. The first kappa shape index (κ1) is 29.2. The highest BCUT2D eigenvalue weighted by Crippen LogP contribution is 2.39. The molecule has 1 aliphatic heterocycles. The van der Waals surface area contributed by atoms with Crippen LogP contribution in [0.25, 0.3) is 5.65 Å². The zero-order chi connectivity index (χ0) is 27.8. The number of aryl methyl sites for hydroxylation is 1. The summed E-state index contributed by atoms with van der Waals surface area (Å²) >= 11 is 0. The normalized spacial score (nSPS) is 14.2. The van der Waals surface area contributed by atoms with Crippen LogP contribution in [-0.2, 0) is 6.18 Å². The van der Waals surface area contributed by atoms with E-state index >= 15 is 0 Å². The van der Waals surface area contributed by atoms with Gasteiger partial charge in [-0.05, 0) is 48.4 Å². The van der Waals surface area contributed by atoms with Crippen molar-refractivity contribution in [2.75, 3.05) is 5.32 Å². The molecule has 39 heavy (non-hydrogen) atoms. The number of halogens is 5. The second-order valence-corrected chi connectivity index (χ2v) is 8.65. The van der Waals surface area contributed by atoms with Crippen LogP contribution < -0.4 is 10.6 Å². The van der Waals surface area contributed by atoms with Crippen LogP contribution in [0.4, 0.5) is 27.6 Å². The van der Waals surface area contributed by atoms with Crippen molar-refractivity contribution in [3.63, 3.8) is 0 Å². The molecule has 3 heterocycles. The highest BCUT2D eigenvalue weighted by Gasteiger charge is 2.37. The van der Waals surface area contributed by atoms with Gasteiger partial charge in [0.05, 0.1) is 17.3 Å². The fraction of sp³-hybridized carbons (Fsp3) is 0.259. The highest BCUT2D eigenvalue weighted by atomic mass is 19.4. The Morgan fingerprint density at radius 3 is 2.44 bits per heavy atom. The number of hydrogen-bond acceptors (Lipinski definition) is 4. The average molecular weight is 548 g/mol. The zero-order valence-corrected chi connectivity index (χ0v) is 20.5. The fourth-order valence-corrected chi connectivity index (χ4v) is 4.09. The quantitative estimate of drug-likeness (QED) is 0.288. The molecular formula is C27H26F5N5O2. The molecule has 0 aliphatic carbocycles. The predicted molar refractivity (Wildman–Crippen MR) is 135 cm³/mol. The van der Waals surface area contributed by atoms with Gasteiger partial charge in [-0.3, -0.25) is 9.59 Å². The number of pyridine rings is 1. The van der Waals surface area contributed by atoms with Gasteiger partial charge in [0.15, 0.2) is 5.65 Å². The van der Waals surface area contributed by atoms with Gasteiger partial charge in [-0.1, -0.05) is 33.8 Å². The summed E-state index contributed by atoms with van der Waals surface area (Å²) in [5.41, 5.74) is -0.454. The molecule has 0 radical (unpaired) electrons. The van der Waals surface area contributed by atoms with Crippen LogP contribution in [0.5, 0.6) is 0 Å². The van der Waals surface area contributed by atoms with E-state index in [1.165, 1.54) is 41.5 Å². The minimum atomic E-state index is -4.87. The smallest absolute Gasteiger partial charge is 0.340 e. The summed E-state index contributed by atoms with van der Waals surface area (Å²) in [5.74, 6) is -3.42. The van der Waals surface area contributed by atoms with E-state index < -0.39 is 46.8 Å². The monoisotopic (exact) mass is 547 g/mol. The Bertz CT molecular complexity index is 1550. The van der Waals surface area contributed by atoms with E-state index in [0.29, 0.717) is 23.3 Å². The number of anilines is 1. The van der Waals surface area contributed by atoms with E-state index in [2.05, 4.69) is 34.6 Å². The van der Waals surface area contributed by atoms with Gasteiger partial charge in [0.25, 0.3) is 11.8 Å². The molecule has 1 aliphatic rings. The summed E-state index contributed by atoms with van der Waals surface area (Å²) in [6.07, 6.45) is -2.44. The second kappa shape index (κ2) is 11.2. The Morgan fingerprint density at radius 2 is 1.77 bits per heavy atom. The molecule has 4 aromatic rings. The lowest BCUT2D eigenvalue weighted by atomic mass is 9.95. The molecule has 7 nitrogen and oxygen atoms in total. The predicted octanol–water partition coefficient (Wildman–Crippen LogP) is 6.47. The first-order valence-electron chi connectivity index (χ1n) is 11.6. The summed E-state index contributed by atoms with van der Waals surface area (Å²) in [7, 11) is 0. The maximum atomic E-state index is 14.0. The molecule has 2 N–H and O–H groups in total. The van der Waals surface area contributed by atoms with Crippen molar-refractivity contribution in [1.82, 2.24) is 19.9 Å². The zero-order valence-electron chi connectivity index (χ0n) is 20.5. The van der Waals surface area contributed by atoms with Crippen LogP contribution in [0.1, 0.15) is 76.8 Å². The summed E-state index contributed by atoms with van der Waals surface area (Å²) in [5, 5.41) is 9.20. The number of alkyl halides is 3. The lowest BCUT2D eigenvalue weighted by Crippen LogP contribution is -2.22. The van der Waals surface area contributed by atoms with Gasteiger partial charge in [0, 0.05) is 17.2 Å². The maximum Gasteiger partial charge on any atom is 0.416 e. The number of hydrogen-bond donors (Lipinski definition) is 2. The maximum absolute atomic E-state index is 14.0. The summed E-state index contributed by atoms with van der Waals surface area (Å²) in [6.45, 7) is 5.95. The van der Waals surface area contributed by atoms with Gasteiger partial charge >= 0.3 is 6.18 Å². The van der Waals surface area contributed by atoms with Crippen LogP contribution in [-0.4, -0.2) is 26.4 Å². The lowest BCUT2D eigenvalue weighted by molar-refractivity contribution is -0.137. The number of nitrogens with zero attached hydrogens (tertiary/aromatic N) is 3. The van der Waals surface area contributed by atoms with Crippen molar-refractivity contribution in [2.45, 2.75) is 46.8 Å². The molecule has 0 fully saturated rings. The van der Waals surface area contributed by atoms with E-state index in [1.807, 2.05) is 0 Å². The van der Waals surface area contributed by atoms with E-state index in [9.17, 15) is 31.5 Å². The molecule has 2 aromatic carbocycles. The van der Waals surface area contributed by atoms with Crippen molar-refractivity contribution >= 4 is 23.1 Å². The standard InChI is InChI=1S/C23H14F5N5O2.C3H8.CH4/c1-10-2-3-13(24)7-15(10)19-18-16(8-17-29-9-30-33(17)20(18)22(35)32-19)31-21(34)11-4-12(23(26,27)28)6-14(25)5-11;1-3-2;/h2-9,19H,1H3,(H,31,34)(H,32,35);3H2,1-2H3;1H4. The molecule has 206 valence electrons. The largest absolute Gasteiger partial charge is 0.416 e. The molecule has 2 aromatic heterocycles. The third-order valence-corrected chi connectivity index (χ3v) is 5.67. The molecule has 0 spiro atoms. The first-order chi connectivity index (χ1) is 17.9. The first-order valence-corrected chi connectivity index (χ1v) is 11.6. The van der Waals surface area contributed by atoms with Crippen LogP contribution in [0.2, 0.25) is 0 Å². The van der Waals surface area contributed by atoms with Gasteiger partial charge in [-0.25, -0.2) is 18.3 Å². The number of carbonyl (C=O) groups is 2. The van der Waals surface area contributed by atoms with Crippen molar-refractivity contribution in [1.29, 1.82) is 0 Å². The number of rotatable bonds is 3. The minimum Gasteiger partial charge on any atom is -0.340 e. The number of aromatic nitrogens is 3. The molecule has 12 heteroatoms. The SMILES string of the molecule is C.CCC.Cc1ccc(F)cc1C1NC(=O)c2c1c(NC(=O)c1cc(F)cc(C(F)(F)F)c1)cc1ncnn21. The number of benzene rings is 2. The van der Waals surface area contributed by atoms with Gasteiger partial charge in [0.2, 0.25) is 0 Å². The van der Waals surface area contributed by atoms with Crippen molar-refractivity contribution in [3.8, 4) is 0 Å². The number of fused-ring (bicyclic) bond motifs is 3. The molecule has 1 atom stereocenters. The van der Waals surface area contributed by atoms with Crippen LogP contribution >= 0.6 is 0 Å². The third-order valence-electron chi connectivity index (χ3n) is 5.67. The highest BCUT2D eigenvalue weighted by molar-refractivity contribution is 6.08. The second-order valence-electron chi connectivity index (χ2n) is 8.65. The van der Waals surface area contributed by atoms with E-state index in [1.54, 1.807) is 6.92 Å². The third kappa shape index (κ3) is 5.74. The van der Waals surface area contributed by atoms with E-state index in [-0.39, 0.29) is 36.1 Å². The summed E-state index contributed by atoms with van der Waals surface area (Å²) in [4.78, 5) is 29.8. The van der Waals surface area contributed by atoms with Crippen LogP contribution in [0.3, 0.4) is 0 Å².